The molecule has 40 nitrogen and oxygen atoms in total. The highest BCUT2D eigenvalue weighted by molar-refractivity contribution is 5.82. The topological polar surface area (TPSA) is 722 Å². The third-order valence-electron chi connectivity index (χ3n) is 14.1. The van der Waals surface area contributed by atoms with E-state index in [1.165, 1.54) is 6.92 Å². The Morgan fingerprint density at radius 2 is 0.900 bits per heavy atom. The van der Waals surface area contributed by atoms with Crippen LogP contribution >= 0.6 is 0 Å². The van der Waals surface area contributed by atoms with Crippen LogP contribution in [-0.2, 0) is 42.9 Å². The molecule has 3 fully saturated rings. The van der Waals surface area contributed by atoms with E-state index in [0.717, 1.165) is 6.42 Å². The molecule has 0 bridgehead atoms. The number of nitrogens with zero attached hydrogens (tertiary/aromatic N) is 5. The number of carbonyl (C=O) groups is 5. The van der Waals surface area contributed by atoms with Gasteiger partial charge in [0.05, 0.1) is 54.9 Å². The normalized spacial score (nSPS) is 28.0. The number of nitrogens with two attached hydrogens (primary N) is 12. The summed E-state index contributed by atoms with van der Waals surface area (Å²) in [5, 5.41) is 81.8. The molecule has 7 unspecified atom stereocenters. The van der Waals surface area contributed by atoms with Crippen molar-refractivity contribution in [1.82, 2.24) is 37.9 Å². The van der Waals surface area contributed by atoms with Gasteiger partial charge in [-0.25, -0.2) is 16.3 Å². The molecule has 3 rings (SSSR count). The van der Waals surface area contributed by atoms with Crippen LogP contribution in [-0.4, -0.2) is 264 Å². The summed E-state index contributed by atoms with van der Waals surface area (Å²) in [5.41, 5.74) is 82.4. The number of amides is 1. The smallest absolute Gasteiger partial charge is 0.237 e. The highest BCUT2D eigenvalue weighted by Gasteiger charge is 2.54. The Morgan fingerprint density at radius 3 is 1.29 bits per heavy atom. The van der Waals surface area contributed by atoms with Crippen LogP contribution in [0.3, 0.4) is 0 Å². The van der Waals surface area contributed by atoms with Gasteiger partial charge in [0.1, 0.15) is 85.7 Å². The van der Waals surface area contributed by atoms with Crippen molar-refractivity contribution in [1.29, 1.82) is 0 Å². The van der Waals surface area contributed by atoms with E-state index in [2.05, 4.69) is 62.8 Å². The standard InChI is InChI=1S/C42H84N20O15.C7H16N4O.CH4/c43-22(8-4-12-55-42(50)51)36(73)57-27-28(67)26(18-66)75-37(30(27)69)76-34-23(61-59-20(16-64)6-2-10-53-40(46)47)13-24(62-60-21(17-65)7-3-11-54-41(48)49)35(33(34)72)77-38-32(71)31(70)29(68)25(74-38)14-56-58-19(15-63)5-1-9-52-39(44)45;1-5(12)6(8)3-2-4-11-7(9)10;/h15-17,19-35,37-38,56,58-62,66-72H,1-14,18,43H2,(H,57,73)(H4,44,45,52)(H4,46,47,53)(H4,48,49,54)(H4,50,51,55);6H,2-4,8H2,1H3,(H4,9,10,11);1H4/t19-,20-,21-,22+,23-,24?,25+,26-,27+,28?,29?,30?,31-,32?,33-,34?,35+,37?,38-;6-;/m10./s1. The first-order chi connectivity index (χ1) is 42.2. The fourth-order valence-corrected chi connectivity index (χ4v) is 9.16. The van der Waals surface area contributed by atoms with E-state index in [1.54, 1.807) is 0 Å². The number of aliphatic hydroxyl groups is 7. The third-order valence-corrected chi connectivity index (χ3v) is 14.1. The monoisotopic (exact) mass is 1300 g/mol. The molecule has 1 amide bonds. The summed E-state index contributed by atoms with van der Waals surface area (Å²) < 4.78 is 24.5. The Balaban J connectivity index is 0.00000280. The van der Waals surface area contributed by atoms with Crippen LogP contribution in [0.5, 0.6) is 0 Å². The Morgan fingerprint density at radius 1 is 0.522 bits per heavy atom. The maximum Gasteiger partial charge on any atom is 0.237 e. The highest BCUT2D eigenvalue weighted by Crippen LogP contribution is 2.33. The first kappa shape index (κ1) is 81.8. The van der Waals surface area contributed by atoms with Gasteiger partial charge in [0.15, 0.2) is 42.4 Å². The van der Waals surface area contributed by atoms with Gasteiger partial charge in [0.2, 0.25) is 5.91 Å². The minimum Gasteiger partial charge on any atom is -0.394 e. The lowest BCUT2D eigenvalue weighted by Crippen LogP contribution is -2.72. The molecule has 1 aliphatic carbocycles. The van der Waals surface area contributed by atoms with Crippen LogP contribution in [0, 0.1) is 0 Å². The molecule has 1 saturated carbocycles. The Hall–Kier alpha value is -6.26. The van der Waals surface area contributed by atoms with E-state index in [1.807, 2.05) is 0 Å². The van der Waals surface area contributed by atoms with Gasteiger partial charge in [-0.3, -0.25) is 50.8 Å². The maximum absolute atomic E-state index is 13.3. The Labute approximate surface area is 522 Å². The number of aliphatic imine (C=N–C) groups is 5. The van der Waals surface area contributed by atoms with Crippen molar-refractivity contribution in [2.45, 2.75) is 207 Å². The second-order valence-electron chi connectivity index (χ2n) is 21.3. The summed E-state index contributed by atoms with van der Waals surface area (Å²) in [6.45, 7) is 1.61. The molecular weight excluding hydrogens is 1190 g/mol. The van der Waals surface area contributed by atoms with Gasteiger partial charge < -0.3 is 143 Å². The molecule has 2 saturated heterocycles. The SMILES string of the molecule is C.CC(=O)[C@@H](N)CCCN=C(N)N.NC(N)=NCCC[C@H](C=O)NNC[C@@H]1O[C@H](O[C@H]2C(NN[C@@H](C=O)CCCN=C(N)N)C[C@@H](NN[C@@H](C=O)CCCN=C(N)N)C(OC3O[C@H](CO)C(O)[C@H](NC(=O)[C@@H](N)CCCN=C(N)N)C3O)[C@H]2O)C(O)[C@H](O)C1O. The molecule has 2 heterocycles. The number of Topliss-reactive ketones (excluding diaryl/α,β-unsaturated/α-hetero) is 1. The van der Waals surface area contributed by atoms with Crippen LogP contribution in [0.4, 0.5) is 0 Å². The molecule has 520 valence electrons. The van der Waals surface area contributed by atoms with Gasteiger partial charge in [-0.2, -0.15) is 0 Å². The molecule has 0 aromatic heterocycles. The van der Waals surface area contributed by atoms with E-state index in [9.17, 15) is 59.7 Å². The van der Waals surface area contributed by atoms with Crippen LogP contribution in [0.1, 0.15) is 85.0 Å². The molecule has 0 aromatic carbocycles. The molecule has 3 aliphatic rings. The van der Waals surface area contributed by atoms with E-state index in [0.29, 0.717) is 51.1 Å². The van der Waals surface area contributed by atoms with Gasteiger partial charge in [-0.15, -0.1) is 0 Å². The minimum atomic E-state index is -1.98. The molecule has 40 heteroatoms. The molecule has 20 atom stereocenters. The van der Waals surface area contributed by atoms with Gasteiger partial charge in [-0.1, -0.05) is 7.43 Å². The molecular formula is C50H104N24O16. The number of hydrogen-bond donors (Lipinski definition) is 26. The summed E-state index contributed by atoms with van der Waals surface area (Å²) in [7, 11) is 0. The predicted molar refractivity (Wildman–Crippen MR) is 330 cm³/mol. The Bertz CT molecular complexity index is 2230. The summed E-state index contributed by atoms with van der Waals surface area (Å²) in [6.07, 6.45) is -15.9. The summed E-state index contributed by atoms with van der Waals surface area (Å²) in [4.78, 5) is 79.8. The highest BCUT2D eigenvalue weighted by atomic mass is 16.7. The molecule has 0 aromatic rings. The van der Waals surface area contributed by atoms with Crippen LogP contribution in [0.2, 0.25) is 0 Å². The average molecular weight is 1300 g/mol. The van der Waals surface area contributed by atoms with Crippen molar-refractivity contribution in [3.05, 3.63) is 0 Å². The zero-order chi connectivity index (χ0) is 66.8. The zero-order valence-electron chi connectivity index (χ0n) is 50.0. The van der Waals surface area contributed by atoms with Gasteiger partial charge in [0, 0.05) is 39.3 Å². The lowest BCUT2D eigenvalue weighted by Gasteiger charge is -2.50. The lowest BCUT2D eigenvalue weighted by atomic mass is 9.83. The quantitative estimate of drug-likeness (QED) is 0.00888. The number of hydrazine groups is 3. The number of guanidine groups is 5. The second kappa shape index (κ2) is 44.3. The van der Waals surface area contributed by atoms with Crippen LogP contribution in [0.25, 0.3) is 0 Å². The van der Waals surface area contributed by atoms with Crippen molar-refractivity contribution >= 4 is 60.3 Å². The molecule has 0 radical (unpaired) electrons. The first-order valence-corrected chi connectivity index (χ1v) is 29.0. The van der Waals surface area contributed by atoms with Gasteiger partial charge in [0.25, 0.3) is 0 Å². The van der Waals surface area contributed by atoms with Crippen molar-refractivity contribution in [2.75, 3.05) is 45.9 Å². The fraction of sp³-hybridized carbons (Fsp3) is 0.800. The first-order valence-electron chi connectivity index (χ1n) is 29.0. The number of ketones is 1. The van der Waals surface area contributed by atoms with Crippen molar-refractivity contribution in [3.8, 4) is 0 Å². The predicted octanol–water partition coefficient (Wildman–Crippen LogP) is -12.9. The van der Waals surface area contributed by atoms with E-state index in [4.69, 9.17) is 87.8 Å². The van der Waals surface area contributed by atoms with Crippen molar-refractivity contribution < 1.29 is 78.7 Å². The molecule has 2 aliphatic heterocycles. The summed E-state index contributed by atoms with van der Waals surface area (Å²) >= 11 is 0. The maximum atomic E-state index is 13.3. The van der Waals surface area contributed by atoms with E-state index in [-0.39, 0.29) is 120 Å². The molecule has 90 heavy (non-hydrogen) atoms. The van der Waals surface area contributed by atoms with Gasteiger partial charge in [-0.05, 0) is 77.6 Å². The number of rotatable bonds is 41. The molecule has 0 spiro atoms. The Kier molecular flexibility index (Phi) is 40.2. The average Bonchev–Trinajstić information content (AvgIpc) is 0.899. The number of hydrogen-bond acceptors (Lipinski definition) is 29. The van der Waals surface area contributed by atoms with E-state index >= 15 is 0 Å². The lowest BCUT2D eigenvalue weighted by molar-refractivity contribution is -0.335. The fourth-order valence-electron chi connectivity index (χ4n) is 9.16. The number of carbonyl (C=O) groups excluding carboxylic acids is 5. The largest absolute Gasteiger partial charge is 0.394 e. The van der Waals surface area contributed by atoms with Gasteiger partial charge >= 0.3 is 0 Å². The van der Waals surface area contributed by atoms with Crippen molar-refractivity contribution in [3.63, 3.8) is 0 Å². The zero-order valence-corrected chi connectivity index (χ0v) is 50.0. The number of aldehydes is 3. The number of ether oxygens (including phenoxy) is 4. The van der Waals surface area contributed by atoms with Crippen molar-refractivity contribution in [2.24, 2.45) is 93.8 Å². The summed E-state index contributed by atoms with van der Waals surface area (Å²) in [6, 6.07) is -8.03. The van der Waals surface area contributed by atoms with Crippen LogP contribution in [0.15, 0.2) is 25.0 Å². The minimum absolute atomic E-state index is 0. The second-order valence-corrected chi connectivity index (χ2v) is 21.3. The molecule has 38 N–H and O–H groups in total. The number of nitrogens with one attached hydrogen (secondary N) is 7. The number of aliphatic hydroxyl groups excluding tert-OH is 7. The van der Waals surface area contributed by atoms with E-state index < -0.39 is 128 Å². The van der Waals surface area contributed by atoms with Crippen LogP contribution < -0.4 is 107 Å². The third kappa shape index (κ3) is 30.2. The summed E-state index contributed by atoms with van der Waals surface area (Å²) in [5.74, 6) is -1.34.